The minimum absolute atomic E-state index is 0.113. The lowest BCUT2D eigenvalue weighted by Gasteiger charge is -2.32. The fourth-order valence-electron chi connectivity index (χ4n) is 3.76. The van der Waals surface area contributed by atoms with Crippen LogP contribution in [0, 0.1) is 0 Å². The standard InChI is InChI=1S/C25H29N5O2/c1-20(29-12-14-32-15-13-29)16-27-24(31)10-9-23-19-30(18-21-6-3-2-4-7-21)28-25(23)22-8-5-11-26-17-22/h2-11,17,19-20H,12-16,18H2,1H3,(H,27,31)/b10-9+. The van der Waals surface area contributed by atoms with Crippen molar-refractivity contribution in [1.29, 1.82) is 0 Å². The first-order valence-corrected chi connectivity index (χ1v) is 11.0. The maximum Gasteiger partial charge on any atom is 0.244 e. The molecule has 0 bridgehead atoms. The topological polar surface area (TPSA) is 72.3 Å². The molecule has 1 atom stereocenters. The monoisotopic (exact) mass is 431 g/mol. The highest BCUT2D eigenvalue weighted by Crippen LogP contribution is 2.23. The molecule has 3 heterocycles. The highest BCUT2D eigenvalue weighted by Gasteiger charge is 2.17. The van der Waals surface area contributed by atoms with Gasteiger partial charge in [0.15, 0.2) is 0 Å². The quantitative estimate of drug-likeness (QED) is 0.556. The molecule has 1 saturated heterocycles. The molecule has 0 aliphatic carbocycles. The van der Waals surface area contributed by atoms with Crippen molar-refractivity contribution in [2.75, 3.05) is 32.8 Å². The summed E-state index contributed by atoms with van der Waals surface area (Å²) in [5.41, 5.74) is 3.77. The highest BCUT2D eigenvalue weighted by molar-refractivity contribution is 5.92. The van der Waals surface area contributed by atoms with Crippen LogP contribution in [-0.2, 0) is 16.1 Å². The number of pyridine rings is 1. The van der Waals surface area contributed by atoms with Crippen molar-refractivity contribution in [3.63, 3.8) is 0 Å². The van der Waals surface area contributed by atoms with Gasteiger partial charge in [-0.1, -0.05) is 30.3 Å². The lowest BCUT2D eigenvalue weighted by molar-refractivity contribution is -0.116. The Balaban J connectivity index is 1.45. The second-order valence-electron chi connectivity index (χ2n) is 7.93. The largest absolute Gasteiger partial charge is 0.379 e. The van der Waals surface area contributed by atoms with Crippen LogP contribution in [0.5, 0.6) is 0 Å². The van der Waals surface area contributed by atoms with Gasteiger partial charge in [0.1, 0.15) is 5.69 Å². The summed E-state index contributed by atoms with van der Waals surface area (Å²) in [5, 5.41) is 7.77. The molecule has 1 fully saturated rings. The third-order valence-electron chi connectivity index (χ3n) is 5.57. The number of amides is 1. The summed E-state index contributed by atoms with van der Waals surface area (Å²) in [6, 6.07) is 14.3. The van der Waals surface area contributed by atoms with Crippen LogP contribution in [0.15, 0.2) is 67.1 Å². The molecule has 4 rings (SSSR count). The molecule has 2 aromatic heterocycles. The van der Waals surface area contributed by atoms with Crippen LogP contribution >= 0.6 is 0 Å². The average Bonchev–Trinajstić information content (AvgIpc) is 3.25. The Morgan fingerprint density at radius 1 is 1.19 bits per heavy atom. The summed E-state index contributed by atoms with van der Waals surface area (Å²) >= 11 is 0. The number of aromatic nitrogens is 3. The lowest BCUT2D eigenvalue weighted by atomic mass is 10.1. The number of nitrogens with zero attached hydrogens (tertiary/aromatic N) is 4. The van der Waals surface area contributed by atoms with Gasteiger partial charge in [0.2, 0.25) is 5.91 Å². The maximum atomic E-state index is 12.5. The van der Waals surface area contributed by atoms with E-state index in [1.807, 2.05) is 47.3 Å². The van der Waals surface area contributed by atoms with Crippen LogP contribution in [0.2, 0.25) is 0 Å². The van der Waals surface area contributed by atoms with E-state index in [9.17, 15) is 4.79 Å². The van der Waals surface area contributed by atoms with E-state index < -0.39 is 0 Å². The van der Waals surface area contributed by atoms with E-state index in [1.165, 1.54) is 0 Å². The van der Waals surface area contributed by atoms with Gasteiger partial charge in [0.05, 0.1) is 19.8 Å². The number of ether oxygens (including phenoxy) is 1. The molecule has 1 aromatic carbocycles. The minimum Gasteiger partial charge on any atom is -0.379 e. The summed E-state index contributed by atoms with van der Waals surface area (Å²) in [6.07, 6.45) is 8.90. The zero-order chi connectivity index (χ0) is 22.2. The van der Waals surface area contributed by atoms with Crippen molar-refractivity contribution in [2.24, 2.45) is 0 Å². The Kier molecular flexibility index (Phi) is 7.42. The normalized spacial score (nSPS) is 15.7. The van der Waals surface area contributed by atoms with Crippen LogP contribution in [0.4, 0.5) is 0 Å². The van der Waals surface area contributed by atoms with Crippen LogP contribution in [0.1, 0.15) is 18.1 Å². The number of carbonyl (C=O) groups excluding carboxylic acids is 1. The van der Waals surface area contributed by atoms with Gasteiger partial charge >= 0.3 is 0 Å². The van der Waals surface area contributed by atoms with Crippen LogP contribution < -0.4 is 5.32 Å². The Morgan fingerprint density at radius 2 is 2.00 bits per heavy atom. The third-order valence-corrected chi connectivity index (χ3v) is 5.57. The van der Waals surface area contributed by atoms with E-state index in [2.05, 4.69) is 34.3 Å². The van der Waals surface area contributed by atoms with E-state index in [1.54, 1.807) is 18.5 Å². The first-order chi connectivity index (χ1) is 15.7. The predicted molar refractivity (Wildman–Crippen MR) is 125 cm³/mol. The lowest BCUT2D eigenvalue weighted by Crippen LogP contribution is -2.47. The highest BCUT2D eigenvalue weighted by atomic mass is 16.5. The fourth-order valence-corrected chi connectivity index (χ4v) is 3.76. The van der Waals surface area contributed by atoms with Gasteiger partial charge in [-0.3, -0.25) is 19.4 Å². The van der Waals surface area contributed by atoms with Crippen LogP contribution in [0.25, 0.3) is 17.3 Å². The van der Waals surface area contributed by atoms with Gasteiger partial charge in [-0.05, 0) is 30.7 Å². The molecular formula is C25H29N5O2. The molecule has 32 heavy (non-hydrogen) atoms. The number of hydrogen-bond donors (Lipinski definition) is 1. The number of rotatable bonds is 8. The molecular weight excluding hydrogens is 402 g/mol. The summed E-state index contributed by atoms with van der Waals surface area (Å²) in [6.45, 7) is 6.70. The first-order valence-electron chi connectivity index (χ1n) is 11.0. The van der Waals surface area contributed by atoms with Crippen molar-refractivity contribution in [3.05, 3.63) is 78.3 Å². The maximum absolute atomic E-state index is 12.5. The minimum atomic E-state index is -0.113. The summed E-state index contributed by atoms with van der Waals surface area (Å²) < 4.78 is 7.30. The molecule has 1 N–H and O–H groups in total. The van der Waals surface area contributed by atoms with E-state index in [-0.39, 0.29) is 11.9 Å². The Morgan fingerprint density at radius 3 is 2.75 bits per heavy atom. The number of carbonyl (C=O) groups is 1. The van der Waals surface area contributed by atoms with Crippen molar-refractivity contribution in [1.82, 2.24) is 25.0 Å². The van der Waals surface area contributed by atoms with Gasteiger partial charge in [-0.15, -0.1) is 0 Å². The first kappa shape index (κ1) is 21.9. The smallest absolute Gasteiger partial charge is 0.244 e. The van der Waals surface area contributed by atoms with E-state index >= 15 is 0 Å². The van der Waals surface area contributed by atoms with Gasteiger partial charge in [0, 0.05) is 61.5 Å². The Bertz CT molecular complexity index is 1030. The summed E-state index contributed by atoms with van der Waals surface area (Å²) in [4.78, 5) is 19.0. The van der Waals surface area contributed by atoms with Gasteiger partial charge in [0.25, 0.3) is 0 Å². The Labute approximate surface area is 188 Å². The summed E-state index contributed by atoms with van der Waals surface area (Å²) in [5.74, 6) is -0.113. The zero-order valence-electron chi connectivity index (χ0n) is 18.4. The predicted octanol–water partition coefficient (Wildman–Crippen LogP) is 2.84. The molecule has 0 radical (unpaired) electrons. The SMILES string of the molecule is CC(CNC(=O)/C=C/c1cn(Cc2ccccc2)nc1-c1cccnc1)N1CCOCC1. The van der Waals surface area contributed by atoms with E-state index in [4.69, 9.17) is 9.84 Å². The third kappa shape index (κ3) is 5.90. The summed E-state index contributed by atoms with van der Waals surface area (Å²) in [7, 11) is 0. The van der Waals surface area contributed by atoms with Crippen molar-refractivity contribution in [2.45, 2.75) is 19.5 Å². The average molecular weight is 432 g/mol. The molecule has 1 aliphatic rings. The molecule has 1 amide bonds. The zero-order valence-corrected chi connectivity index (χ0v) is 18.4. The molecule has 0 spiro atoms. The molecule has 7 heteroatoms. The van der Waals surface area contributed by atoms with Crippen LogP contribution in [-0.4, -0.2) is 64.5 Å². The van der Waals surface area contributed by atoms with Crippen molar-refractivity contribution < 1.29 is 9.53 Å². The second kappa shape index (κ2) is 10.8. The Hall–Kier alpha value is -3.29. The molecule has 166 valence electrons. The van der Waals surface area contributed by atoms with E-state index in [0.29, 0.717) is 13.1 Å². The number of benzene rings is 1. The van der Waals surface area contributed by atoms with Gasteiger partial charge < -0.3 is 10.1 Å². The van der Waals surface area contributed by atoms with Gasteiger partial charge in [-0.25, -0.2) is 0 Å². The molecule has 1 unspecified atom stereocenters. The fraction of sp³-hybridized carbons (Fsp3) is 0.320. The number of morpholine rings is 1. The number of hydrogen-bond acceptors (Lipinski definition) is 5. The molecule has 7 nitrogen and oxygen atoms in total. The van der Waals surface area contributed by atoms with Crippen LogP contribution in [0.3, 0.4) is 0 Å². The van der Waals surface area contributed by atoms with E-state index in [0.717, 1.165) is 48.7 Å². The number of nitrogens with one attached hydrogen (secondary N) is 1. The van der Waals surface area contributed by atoms with Crippen molar-refractivity contribution in [3.8, 4) is 11.3 Å². The molecule has 1 aliphatic heterocycles. The van der Waals surface area contributed by atoms with Gasteiger partial charge in [-0.2, -0.15) is 5.10 Å². The van der Waals surface area contributed by atoms with Crippen molar-refractivity contribution >= 4 is 12.0 Å². The molecule has 3 aromatic rings. The molecule has 0 saturated carbocycles. The second-order valence-corrected chi connectivity index (χ2v) is 7.93.